The number of carbonyl (C=O) groups excluding carboxylic acids is 1. The molecule has 0 bridgehead atoms. The Hall–Kier alpha value is -1.45. The second kappa shape index (κ2) is 7.87. The molecule has 0 aliphatic carbocycles. The van der Waals surface area contributed by atoms with Crippen molar-refractivity contribution in [3.05, 3.63) is 39.3 Å². The number of esters is 1. The Balaban J connectivity index is 3.00. The first kappa shape index (κ1) is 15.6. The van der Waals surface area contributed by atoms with Crippen LogP contribution in [0, 0.1) is 11.3 Å². The molecule has 0 spiro atoms. The van der Waals surface area contributed by atoms with E-state index in [0.717, 1.165) is 10.2 Å². The average molecular weight is 341 g/mol. The van der Waals surface area contributed by atoms with Crippen molar-refractivity contribution in [2.45, 2.75) is 6.92 Å². The van der Waals surface area contributed by atoms with E-state index in [1.807, 2.05) is 30.3 Å². The van der Waals surface area contributed by atoms with Crippen LogP contribution in [0.3, 0.4) is 0 Å². The normalized spacial score (nSPS) is 11.3. The van der Waals surface area contributed by atoms with Crippen LogP contribution in [0.4, 0.5) is 5.69 Å². The lowest BCUT2D eigenvalue weighted by molar-refractivity contribution is -0.138. The minimum Gasteiger partial charge on any atom is -0.462 e. The SMILES string of the molecule is CCOC(=O)/C(C#N)=C(/Nc1ccc(Br)cc1)SC. The summed E-state index contributed by atoms with van der Waals surface area (Å²) in [5, 5.41) is 12.6. The molecular weight excluding hydrogens is 328 g/mol. The second-order valence-corrected chi connectivity index (χ2v) is 5.10. The van der Waals surface area contributed by atoms with Crippen LogP contribution < -0.4 is 5.32 Å². The Morgan fingerprint density at radius 3 is 2.58 bits per heavy atom. The number of nitriles is 1. The maximum Gasteiger partial charge on any atom is 0.351 e. The van der Waals surface area contributed by atoms with E-state index in [4.69, 9.17) is 10.00 Å². The first-order chi connectivity index (χ1) is 9.12. The zero-order chi connectivity index (χ0) is 14.3. The van der Waals surface area contributed by atoms with Crippen molar-refractivity contribution < 1.29 is 9.53 Å². The van der Waals surface area contributed by atoms with E-state index in [9.17, 15) is 4.79 Å². The van der Waals surface area contributed by atoms with Crippen LogP contribution in [0.15, 0.2) is 39.3 Å². The second-order valence-electron chi connectivity index (χ2n) is 3.37. The van der Waals surface area contributed by atoms with Gasteiger partial charge in [-0.05, 0) is 37.4 Å². The lowest BCUT2D eigenvalue weighted by Crippen LogP contribution is -2.11. The molecule has 0 saturated heterocycles. The number of benzene rings is 1. The van der Waals surface area contributed by atoms with Gasteiger partial charge < -0.3 is 10.1 Å². The van der Waals surface area contributed by atoms with Gasteiger partial charge in [0.05, 0.1) is 11.6 Å². The molecule has 0 heterocycles. The fourth-order valence-corrected chi connectivity index (χ4v) is 2.09. The van der Waals surface area contributed by atoms with Crippen LogP contribution >= 0.6 is 27.7 Å². The molecule has 0 aromatic heterocycles. The Bertz CT molecular complexity index is 520. The first-order valence-corrected chi connectivity index (χ1v) is 7.52. The third-order valence-corrected chi connectivity index (χ3v) is 3.37. The van der Waals surface area contributed by atoms with E-state index in [1.54, 1.807) is 13.2 Å². The Morgan fingerprint density at radius 1 is 1.47 bits per heavy atom. The number of halogens is 1. The van der Waals surface area contributed by atoms with Gasteiger partial charge in [0.15, 0.2) is 5.57 Å². The number of rotatable bonds is 5. The average Bonchev–Trinajstić information content (AvgIpc) is 2.41. The summed E-state index contributed by atoms with van der Waals surface area (Å²) in [4.78, 5) is 11.7. The molecule has 0 fully saturated rings. The summed E-state index contributed by atoms with van der Waals surface area (Å²) in [5.74, 6) is -0.612. The Morgan fingerprint density at radius 2 is 2.11 bits per heavy atom. The van der Waals surface area contributed by atoms with Crippen molar-refractivity contribution in [3.8, 4) is 6.07 Å². The van der Waals surface area contributed by atoms with Gasteiger partial charge in [-0.2, -0.15) is 5.26 Å². The number of anilines is 1. The molecule has 1 N–H and O–H groups in total. The largest absolute Gasteiger partial charge is 0.462 e. The van der Waals surface area contributed by atoms with Crippen molar-refractivity contribution in [3.63, 3.8) is 0 Å². The Labute approximate surface area is 125 Å². The molecule has 1 aromatic rings. The molecular formula is C13H13BrN2O2S. The van der Waals surface area contributed by atoms with Crippen molar-refractivity contribution >= 4 is 39.3 Å². The predicted octanol–water partition coefficient (Wildman–Crippen LogP) is 3.52. The maximum atomic E-state index is 11.7. The van der Waals surface area contributed by atoms with Crippen LogP contribution in [0.25, 0.3) is 0 Å². The quantitative estimate of drug-likeness (QED) is 0.504. The minimum absolute atomic E-state index is 0.0164. The minimum atomic E-state index is -0.612. The maximum absolute atomic E-state index is 11.7. The van der Waals surface area contributed by atoms with Crippen molar-refractivity contribution in [2.24, 2.45) is 0 Å². The Kier molecular flexibility index (Phi) is 6.46. The van der Waals surface area contributed by atoms with Gasteiger partial charge in [-0.3, -0.25) is 0 Å². The molecule has 6 heteroatoms. The molecule has 0 amide bonds. The molecule has 4 nitrogen and oxygen atoms in total. The predicted molar refractivity (Wildman–Crippen MR) is 80.6 cm³/mol. The summed E-state index contributed by atoms with van der Waals surface area (Å²) in [6.07, 6.45) is 1.79. The first-order valence-electron chi connectivity index (χ1n) is 5.50. The van der Waals surface area contributed by atoms with Gasteiger partial charge in [0, 0.05) is 10.2 Å². The molecule has 0 atom stereocenters. The number of nitrogens with one attached hydrogen (secondary N) is 1. The third kappa shape index (κ3) is 4.62. The van der Waals surface area contributed by atoms with Gasteiger partial charge in [0.25, 0.3) is 0 Å². The number of thioether (sulfide) groups is 1. The highest BCUT2D eigenvalue weighted by Crippen LogP contribution is 2.22. The summed E-state index contributed by atoms with van der Waals surface area (Å²) < 4.78 is 5.81. The molecule has 100 valence electrons. The molecule has 0 saturated carbocycles. The van der Waals surface area contributed by atoms with Gasteiger partial charge in [0.2, 0.25) is 0 Å². The number of nitrogens with zero attached hydrogens (tertiary/aromatic N) is 1. The van der Waals surface area contributed by atoms with Gasteiger partial charge in [-0.1, -0.05) is 15.9 Å². The van der Waals surface area contributed by atoms with E-state index in [2.05, 4.69) is 21.2 Å². The van der Waals surface area contributed by atoms with Crippen LogP contribution in [0.1, 0.15) is 6.92 Å². The monoisotopic (exact) mass is 340 g/mol. The number of ether oxygens (including phenoxy) is 1. The molecule has 0 radical (unpaired) electrons. The zero-order valence-electron chi connectivity index (χ0n) is 10.6. The number of hydrogen-bond donors (Lipinski definition) is 1. The van der Waals surface area contributed by atoms with Crippen molar-refractivity contribution in [1.29, 1.82) is 5.26 Å². The molecule has 0 unspecified atom stereocenters. The van der Waals surface area contributed by atoms with Gasteiger partial charge in [-0.25, -0.2) is 4.79 Å². The number of carbonyl (C=O) groups is 1. The highest BCUT2D eigenvalue weighted by Gasteiger charge is 2.16. The zero-order valence-corrected chi connectivity index (χ0v) is 13.0. The van der Waals surface area contributed by atoms with Crippen molar-refractivity contribution in [2.75, 3.05) is 18.2 Å². The van der Waals surface area contributed by atoms with Crippen LogP contribution in [-0.2, 0) is 9.53 Å². The van der Waals surface area contributed by atoms with Crippen LogP contribution in [-0.4, -0.2) is 18.8 Å². The van der Waals surface area contributed by atoms with Crippen LogP contribution in [0.5, 0.6) is 0 Å². The van der Waals surface area contributed by atoms with E-state index in [0.29, 0.717) is 5.03 Å². The topological polar surface area (TPSA) is 62.1 Å². The highest BCUT2D eigenvalue weighted by molar-refractivity contribution is 9.10. The molecule has 1 aromatic carbocycles. The van der Waals surface area contributed by atoms with Gasteiger partial charge in [-0.15, -0.1) is 11.8 Å². The number of hydrogen-bond acceptors (Lipinski definition) is 5. The fourth-order valence-electron chi connectivity index (χ4n) is 1.27. The summed E-state index contributed by atoms with van der Waals surface area (Å²) in [6.45, 7) is 1.94. The third-order valence-electron chi connectivity index (χ3n) is 2.12. The lowest BCUT2D eigenvalue weighted by Gasteiger charge is -2.10. The molecule has 19 heavy (non-hydrogen) atoms. The molecule has 0 aliphatic rings. The van der Waals surface area contributed by atoms with Crippen molar-refractivity contribution in [1.82, 2.24) is 0 Å². The summed E-state index contributed by atoms with van der Waals surface area (Å²) in [7, 11) is 0. The standard InChI is InChI=1S/C13H13BrN2O2S/c1-3-18-13(17)11(8-15)12(19-2)16-10-6-4-9(14)5-7-10/h4-7,16H,3H2,1-2H3/b12-11-. The highest BCUT2D eigenvalue weighted by atomic mass is 79.9. The smallest absolute Gasteiger partial charge is 0.351 e. The summed E-state index contributed by atoms with van der Waals surface area (Å²) >= 11 is 4.63. The van der Waals surface area contributed by atoms with E-state index in [-0.39, 0.29) is 12.2 Å². The van der Waals surface area contributed by atoms with Crippen LogP contribution in [0.2, 0.25) is 0 Å². The summed E-state index contributed by atoms with van der Waals surface area (Å²) in [5.41, 5.74) is 0.780. The van der Waals surface area contributed by atoms with E-state index >= 15 is 0 Å². The van der Waals surface area contributed by atoms with Gasteiger partial charge >= 0.3 is 5.97 Å². The fraction of sp³-hybridized carbons (Fsp3) is 0.231. The molecule has 1 rings (SSSR count). The van der Waals surface area contributed by atoms with E-state index in [1.165, 1.54) is 11.8 Å². The van der Waals surface area contributed by atoms with E-state index < -0.39 is 5.97 Å². The molecule has 0 aliphatic heterocycles. The summed E-state index contributed by atoms with van der Waals surface area (Å²) in [6, 6.07) is 9.32. The lowest BCUT2D eigenvalue weighted by atomic mass is 10.3. The van der Waals surface area contributed by atoms with Gasteiger partial charge in [0.1, 0.15) is 6.07 Å².